The van der Waals surface area contributed by atoms with Crippen molar-refractivity contribution in [2.75, 3.05) is 21.3 Å². The number of rotatable bonds is 19. The summed E-state index contributed by atoms with van der Waals surface area (Å²) in [5.41, 5.74) is 7.05. The van der Waals surface area contributed by atoms with E-state index in [1.165, 1.54) is 12.0 Å². The Hall–Kier alpha value is -5.22. The third-order valence-corrected chi connectivity index (χ3v) is 10.6. The molecule has 0 bridgehead atoms. The zero-order valence-electron chi connectivity index (χ0n) is 34.4. The maximum absolute atomic E-state index is 14.3. The zero-order chi connectivity index (χ0) is 40.9. The summed E-state index contributed by atoms with van der Waals surface area (Å²) in [6.45, 7) is 12.1. The van der Waals surface area contributed by atoms with Crippen LogP contribution >= 0.6 is 0 Å². The largest absolute Gasteiger partial charge is 0.497 e. The lowest BCUT2D eigenvalue weighted by atomic mass is 9.96. The summed E-state index contributed by atoms with van der Waals surface area (Å²) >= 11 is 0. The van der Waals surface area contributed by atoms with Crippen molar-refractivity contribution in [1.29, 1.82) is 0 Å². The maximum atomic E-state index is 14.3. The molecule has 2 N–H and O–H groups in total. The van der Waals surface area contributed by atoms with Gasteiger partial charge in [0.2, 0.25) is 17.7 Å². The lowest BCUT2D eigenvalue weighted by molar-refractivity contribution is -0.143. The van der Waals surface area contributed by atoms with E-state index in [4.69, 9.17) is 14.2 Å². The van der Waals surface area contributed by atoms with E-state index in [0.29, 0.717) is 13.0 Å². The fraction of sp³-hybridized carbons (Fsp3) is 0.435. The number of methoxy groups -OCH3 is 2. The number of nitrogens with one attached hydrogen (secondary N) is 2. The van der Waals surface area contributed by atoms with Crippen LogP contribution in [0.25, 0.3) is 5.57 Å². The van der Waals surface area contributed by atoms with Crippen LogP contribution in [-0.4, -0.2) is 68.0 Å². The van der Waals surface area contributed by atoms with Crippen molar-refractivity contribution >= 4 is 29.3 Å². The number of likely N-dealkylation sites (N-methyl/N-ethyl adjacent to an activating group) is 1. The van der Waals surface area contributed by atoms with Crippen molar-refractivity contribution in [3.05, 3.63) is 118 Å². The van der Waals surface area contributed by atoms with Crippen LogP contribution < -0.4 is 15.4 Å². The van der Waals surface area contributed by atoms with E-state index in [1.54, 1.807) is 21.1 Å². The summed E-state index contributed by atoms with van der Waals surface area (Å²) in [6.07, 6.45) is 5.60. The molecule has 0 fully saturated rings. The molecule has 10 nitrogen and oxygen atoms in total. The van der Waals surface area contributed by atoms with Gasteiger partial charge in [-0.3, -0.25) is 19.2 Å². The van der Waals surface area contributed by atoms with Crippen LogP contribution in [0.4, 0.5) is 0 Å². The molecule has 300 valence electrons. The van der Waals surface area contributed by atoms with Crippen LogP contribution in [0.15, 0.2) is 90.5 Å². The number of ether oxygens (including phenoxy) is 3. The van der Waals surface area contributed by atoms with Gasteiger partial charge in [-0.2, -0.15) is 0 Å². The van der Waals surface area contributed by atoms with Gasteiger partial charge in [0.1, 0.15) is 17.8 Å². The third-order valence-electron chi connectivity index (χ3n) is 10.6. The molecular weight excluding hydrogens is 707 g/mol. The van der Waals surface area contributed by atoms with Gasteiger partial charge in [0, 0.05) is 25.3 Å². The van der Waals surface area contributed by atoms with Gasteiger partial charge in [-0.15, -0.1) is 0 Å². The highest BCUT2D eigenvalue weighted by Gasteiger charge is 2.34. The summed E-state index contributed by atoms with van der Waals surface area (Å²) in [6, 6.07) is 20.9. The molecule has 0 aromatic heterocycles. The number of hydrogen-bond acceptors (Lipinski definition) is 7. The third kappa shape index (κ3) is 12.1. The van der Waals surface area contributed by atoms with Crippen molar-refractivity contribution in [2.45, 2.75) is 98.1 Å². The molecular formula is C46H59N3O7. The van der Waals surface area contributed by atoms with Crippen LogP contribution in [0.1, 0.15) is 87.7 Å². The first-order valence-electron chi connectivity index (χ1n) is 19.4. The summed E-state index contributed by atoms with van der Waals surface area (Å²) in [7, 11) is 4.54. The number of fused-ring (bicyclic) bond motifs is 1. The second kappa shape index (κ2) is 20.6. The highest BCUT2D eigenvalue weighted by Crippen LogP contribution is 2.32. The van der Waals surface area contributed by atoms with Crippen LogP contribution in [0.3, 0.4) is 0 Å². The summed E-state index contributed by atoms with van der Waals surface area (Å²) in [5.74, 6) is -1.03. The van der Waals surface area contributed by atoms with Crippen molar-refractivity contribution in [3.63, 3.8) is 0 Å². The van der Waals surface area contributed by atoms with E-state index in [1.807, 2.05) is 94.4 Å². The normalized spacial score (nSPS) is 15.6. The van der Waals surface area contributed by atoms with E-state index in [-0.39, 0.29) is 30.8 Å². The number of carbonyl (C=O) groups excluding carboxylic acids is 4. The fourth-order valence-corrected chi connectivity index (χ4v) is 6.94. The molecule has 3 amide bonds. The number of allylic oxidation sites excluding steroid dienone is 2. The Morgan fingerprint density at radius 2 is 1.54 bits per heavy atom. The quantitative estimate of drug-likeness (QED) is 0.0971. The molecule has 6 atom stereocenters. The topological polar surface area (TPSA) is 123 Å². The number of benzene rings is 3. The molecule has 0 heterocycles. The molecule has 4 rings (SSSR count). The number of aryl methyl sites for hydroxylation is 1. The van der Waals surface area contributed by atoms with Gasteiger partial charge < -0.3 is 29.7 Å². The Morgan fingerprint density at radius 1 is 0.857 bits per heavy atom. The first-order valence-corrected chi connectivity index (χ1v) is 19.4. The molecule has 0 aliphatic heterocycles. The molecule has 56 heavy (non-hydrogen) atoms. The molecule has 3 aromatic carbocycles. The maximum Gasteiger partial charge on any atom is 0.307 e. The molecule has 1 aliphatic rings. The second-order valence-corrected chi connectivity index (χ2v) is 15.1. The smallest absolute Gasteiger partial charge is 0.307 e. The monoisotopic (exact) mass is 765 g/mol. The minimum atomic E-state index is -0.928. The standard InChI is InChI=1S/C46H59N3O7/c1-29-14-18-37(19-15-29)41(27-43(50)55-9)48-45(52)42(26-38-21-20-36-12-10-11-13-40(36)38)49(7)46(53)33(5)47-44(51)32(4)25-30(2)24-31(3)34(6)56-28-35-16-22-39(54-8)23-17-35/h10-19,21-24,31-34,41-42H,20,25-28H2,1-9H3,(H,47,51)(H,48,52)/b30-24+/t31-,32+,33+,34-,41-,42-/m1/s1. The van der Waals surface area contributed by atoms with Crippen LogP contribution in [0.2, 0.25) is 0 Å². The molecule has 10 heteroatoms. The second-order valence-electron chi connectivity index (χ2n) is 15.1. The average molecular weight is 766 g/mol. The Labute approximate surface area is 332 Å². The van der Waals surface area contributed by atoms with E-state index < -0.39 is 41.8 Å². The molecule has 0 saturated carbocycles. The number of amides is 3. The van der Waals surface area contributed by atoms with Gasteiger partial charge in [0.25, 0.3) is 0 Å². The molecule has 1 aliphatic carbocycles. The molecule has 0 spiro atoms. The Morgan fingerprint density at radius 3 is 2.20 bits per heavy atom. The predicted molar refractivity (Wildman–Crippen MR) is 220 cm³/mol. The van der Waals surface area contributed by atoms with Crippen molar-refractivity contribution < 1.29 is 33.4 Å². The van der Waals surface area contributed by atoms with E-state index in [2.05, 4.69) is 35.8 Å². The number of nitrogens with zero attached hydrogens (tertiary/aromatic N) is 1. The number of esters is 1. The summed E-state index contributed by atoms with van der Waals surface area (Å²) in [4.78, 5) is 55.6. The van der Waals surface area contributed by atoms with E-state index >= 15 is 0 Å². The predicted octanol–water partition coefficient (Wildman–Crippen LogP) is 7.30. The zero-order valence-corrected chi connectivity index (χ0v) is 34.4. The minimum absolute atomic E-state index is 0.0457. The SMILES string of the molecule is COC(=O)C[C@@H](NC(=O)[C@@H](CC1=CCc2ccccc21)N(C)C(=O)[C@H](C)NC(=O)[C@@H](C)C/C(C)=C/[C@@H](C)[C@@H](C)OCc1ccc(OC)cc1)c1ccc(C)cc1. The molecule has 0 unspecified atom stereocenters. The summed E-state index contributed by atoms with van der Waals surface area (Å²) < 4.78 is 16.3. The van der Waals surface area contributed by atoms with Gasteiger partial charge in [-0.1, -0.05) is 97.8 Å². The van der Waals surface area contributed by atoms with Gasteiger partial charge >= 0.3 is 5.97 Å². The highest BCUT2D eigenvalue weighted by molar-refractivity contribution is 5.93. The lowest BCUT2D eigenvalue weighted by Crippen LogP contribution is -2.54. The minimum Gasteiger partial charge on any atom is -0.497 e. The fourth-order valence-electron chi connectivity index (χ4n) is 6.94. The Bertz CT molecular complexity index is 1870. The number of carbonyl (C=O) groups is 4. The highest BCUT2D eigenvalue weighted by atomic mass is 16.5. The van der Waals surface area contributed by atoms with Gasteiger partial charge in [-0.05, 0) is 80.5 Å². The first-order chi connectivity index (χ1) is 26.7. The van der Waals surface area contributed by atoms with Crippen LogP contribution in [0, 0.1) is 18.8 Å². The van der Waals surface area contributed by atoms with Crippen molar-refractivity contribution in [1.82, 2.24) is 15.5 Å². The van der Waals surface area contributed by atoms with Crippen molar-refractivity contribution in [3.8, 4) is 5.75 Å². The Balaban J connectivity index is 1.42. The van der Waals surface area contributed by atoms with E-state index in [9.17, 15) is 19.2 Å². The van der Waals surface area contributed by atoms with E-state index in [0.717, 1.165) is 51.1 Å². The van der Waals surface area contributed by atoms with Gasteiger partial charge in [-0.25, -0.2) is 0 Å². The Kier molecular flexibility index (Phi) is 16.0. The average Bonchev–Trinajstić information content (AvgIpc) is 3.60. The number of hydrogen-bond donors (Lipinski definition) is 2. The van der Waals surface area contributed by atoms with Crippen molar-refractivity contribution in [2.24, 2.45) is 11.8 Å². The van der Waals surface area contributed by atoms with Gasteiger partial charge in [0.15, 0.2) is 0 Å². The van der Waals surface area contributed by atoms with Gasteiger partial charge in [0.05, 0.1) is 39.4 Å². The lowest BCUT2D eigenvalue weighted by Gasteiger charge is -2.32. The first kappa shape index (κ1) is 43.5. The van der Waals surface area contributed by atoms with Crippen LogP contribution in [-0.2, 0) is 41.7 Å². The molecule has 0 radical (unpaired) electrons. The molecule has 0 saturated heterocycles. The summed E-state index contributed by atoms with van der Waals surface area (Å²) in [5, 5.41) is 5.95. The molecule has 3 aromatic rings. The van der Waals surface area contributed by atoms with Crippen LogP contribution in [0.5, 0.6) is 5.75 Å².